The Morgan fingerprint density at radius 2 is 1.09 bits per heavy atom. The van der Waals surface area contributed by atoms with Crippen LogP contribution in [-0.4, -0.2) is 35.6 Å². The summed E-state index contributed by atoms with van der Waals surface area (Å²) in [7, 11) is 0. The average molecular weight is 630 g/mol. The standard InChI is InChI=1S/C39H67NO5/c1-3-5-7-9-10-11-12-13-14-15-16-17-18-19-20-21-22-24-30-34-39(44)45-36(31-27-23-8-6-4-2)32-28-25-26-29-33-37(41)40-35-38(42)43/h5,7,10-11,13-14,16-17,36H,3-4,6,8-9,12,15,18-35H2,1-2H3,(H,40,41)(H,42,43)/b7-5-,11-10-,14-13-,17-16-. The van der Waals surface area contributed by atoms with Crippen molar-refractivity contribution in [2.75, 3.05) is 6.54 Å². The molecule has 1 amide bonds. The molecule has 0 aromatic rings. The van der Waals surface area contributed by atoms with E-state index in [0.29, 0.717) is 12.8 Å². The fourth-order valence-electron chi connectivity index (χ4n) is 5.09. The van der Waals surface area contributed by atoms with E-state index in [1.165, 1.54) is 51.4 Å². The number of hydrogen-bond donors (Lipinski definition) is 2. The van der Waals surface area contributed by atoms with Crippen molar-refractivity contribution in [1.82, 2.24) is 5.32 Å². The second kappa shape index (κ2) is 34.2. The molecule has 0 fully saturated rings. The van der Waals surface area contributed by atoms with Gasteiger partial charge in [-0.1, -0.05) is 127 Å². The van der Waals surface area contributed by atoms with Gasteiger partial charge in [-0.25, -0.2) is 0 Å². The van der Waals surface area contributed by atoms with Gasteiger partial charge in [0.05, 0.1) is 0 Å². The lowest BCUT2D eigenvalue weighted by Crippen LogP contribution is -2.28. The van der Waals surface area contributed by atoms with Crippen LogP contribution in [0.1, 0.15) is 168 Å². The van der Waals surface area contributed by atoms with Crippen LogP contribution in [0.2, 0.25) is 0 Å². The molecule has 6 nitrogen and oxygen atoms in total. The van der Waals surface area contributed by atoms with Crippen LogP contribution in [0.5, 0.6) is 0 Å². The number of allylic oxidation sites excluding steroid dienone is 8. The van der Waals surface area contributed by atoms with E-state index in [-0.39, 0.29) is 24.5 Å². The number of esters is 1. The maximum Gasteiger partial charge on any atom is 0.322 e. The Bertz CT molecular complexity index is 829. The third-order valence-electron chi connectivity index (χ3n) is 7.77. The minimum atomic E-state index is -1.03. The zero-order valence-electron chi connectivity index (χ0n) is 29.0. The van der Waals surface area contributed by atoms with Crippen LogP contribution in [-0.2, 0) is 19.1 Å². The highest BCUT2D eigenvalue weighted by Gasteiger charge is 2.14. The Hall–Kier alpha value is -2.63. The Kier molecular flexibility index (Phi) is 32.2. The number of aliphatic carboxylic acids is 1. The predicted octanol–water partition coefficient (Wildman–Crippen LogP) is 10.7. The highest BCUT2D eigenvalue weighted by molar-refractivity contribution is 5.80. The zero-order chi connectivity index (χ0) is 33.1. The lowest BCUT2D eigenvalue weighted by Gasteiger charge is -2.18. The van der Waals surface area contributed by atoms with Crippen molar-refractivity contribution in [3.05, 3.63) is 48.6 Å². The van der Waals surface area contributed by atoms with Crippen molar-refractivity contribution in [2.45, 2.75) is 174 Å². The summed E-state index contributed by atoms with van der Waals surface area (Å²) >= 11 is 0. The fourth-order valence-corrected chi connectivity index (χ4v) is 5.09. The van der Waals surface area contributed by atoms with Gasteiger partial charge in [-0.2, -0.15) is 0 Å². The molecule has 6 heteroatoms. The van der Waals surface area contributed by atoms with E-state index in [4.69, 9.17) is 9.84 Å². The zero-order valence-corrected chi connectivity index (χ0v) is 29.0. The molecule has 2 N–H and O–H groups in total. The van der Waals surface area contributed by atoms with Crippen molar-refractivity contribution in [2.24, 2.45) is 0 Å². The second-order valence-electron chi connectivity index (χ2n) is 12.1. The number of nitrogens with one attached hydrogen (secondary N) is 1. The van der Waals surface area contributed by atoms with Gasteiger partial charge in [-0.05, 0) is 77.0 Å². The number of amides is 1. The molecule has 0 aliphatic carbocycles. The molecule has 0 aliphatic rings. The molecule has 0 heterocycles. The number of unbranched alkanes of at least 4 members (excludes halogenated alkanes) is 13. The number of carbonyl (C=O) groups is 3. The van der Waals surface area contributed by atoms with Crippen LogP contribution in [0.15, 0.2) is 48.6 Å². The molecule has 0 saturated carbocycles. The molecule has 258 valence electrons. The quantitative estimate of drug-likeness (QED) is 0.0439. The molecule has 0 saturated heterocycles. The van der Waals surface area contributed by atoms with Crippen molar-refractivity contribution in [3.8, 4) is 0 Å². The lowest BCUT2D eigenvalue weighted by molar-refractivity contribution is -0.150. The molecule has 0 aliphatic heterocycles. The van der Waals surface area contributed by atoms with E-state index in [2.05, 4.69) is 67.8 Å². The fraction of sp³-hybridized carbons (Fsp3) is 0.718. The van der Waals surface area contributed by atoms with Crippen molar-refractivity contribution < 1.29 is 24.2 Å². The molecule has 45 heavy (non-hydrogen) atoms. The number of hydrogen-bond acceptors (Lipinski definition) is 4. The summed E-state index contributed by atoms with van der Waals surface area (Å²) in [6, 6.07) is 0. The smallest absolute Gasteiger partial charge is 0.322 e. The summed E-state index contributed by atoms with van der Waals surface area (Å²) in [5, 5.41) is 11.0. The predicted molar refractivity (Wildman–Crippen MR) is 189 cm³/mol. The van der Waals surface area contributed by atoms with E-state index in [0.717, 1.165) is 89.9 Å². The minimum Gasteiger partial charge on any atom is -0.480 e. The molecule has 0 spiro atoms. The van der Waals surface area contributed by atoms with Crippen molar-refractivity contribution in [3.63, 3.8) is 0 Å². The topological polar surface area (TPSA) is 92.7 Å². The Balaban J connectivity index is 3.96. The first-order valence-electron chi connectivity index (χ1n) is 18.3. The van der Waals surface area contributed by atoms with Crippen LogP contribution >= 0.6 is 0 Å². The van der Waals surface area contributed by atoms with Crippen molar-refractivity contribution in [1.29, 1.82) is 0 Å². The molecule has 0 aromatic carbocycles. The molecule has 1 atom stereocenters. The van der Waals surface area contributed by atoms with Crippen LogP contribution in [0.25, 0.3) is 0 Å². The summed E-state index contributed by atoms with van der Waals surface area (Å²) in [6.45, 7) is 4.05. The van der Waals surface area contributed by atoms with Crippen molar-refractivity contribution >= 4 is 17.8 Å². The SMILES string of the molecule is CC/C=C\C/C=C\C/C=C\C/C=C\CCCCCCCCC(=O)OC(CCCCCCC)CCCCCCC(=O)NCC(=O)O. The number of carboxylic acids is 1. The van der Waals surface area contributed by atoms with E-state index in [1.807, 2.05) is 0 Å². The van der Waals surface area contributed by atoms with Gasteiger partial charge in [-0.3, -0.25) is 14.4 Å². The van der Waals surface area contributed by atoms with Crippen LogP contribution < -0.4 is 5.32 Å². The third kappa shape index (κ3) is 34.1. The molecule has 0 rings (SSSR count). The number of carbonyl (C=O) groups excluding carboxylic acids is 2. The van der Waals surface area contributed by atoms with Crippen LogP contribution in [0.3, 0.4) is 0 Å². The normalized spacial score (nSPS) is 12.6. The maximum absolute atomic E-state index is 12.6. The van der Waals surface area contributed by atoms with Gasteiger partial charge < -0.3 is 15.2 Å². The summed E-state index contributed by atoms with van der Waals surface area (Å²) < 4.78 is 5.92. The summed E-state index contributed by atoms with van der Waals surface area (Å²) in [4.78, 5) is 34.7. The number of carboxylic acid groups (broad SMARTS) is 1. The van der Waals surface area contributed by atoms with Crippen LogP contribution in [0.4, 0.5) is 0 Å². The van der Waals surface area contributed by atoms with E-state index < -0.39 is 5.97 Å². The molecular weight excluding hydrogens is 562 g/mol. The average Bonchev–Trinajstić information content (AvgIpc) is 3.02. The number of rotatable bonds is 32. The largest absolute Gasteiger partial charge is 0.480 e. The summed E-state index contributed by atoms with van der Waals surface area (Å²) in [6.07, 6.45) is 42.4. The summed E-state index contributed by atoms with van der Waals surface area (Å²) in [5.41, 5.74) is 0. The van der Waals surface area contributed by atoms with Gasteiger partial charge in [0, 0.05) is 12.8 Å². The highest BCUT2D eigenvalue weighted by Crippen LogP contribution is 2.18. The lowest BCUT2D eigenvalue weighted by atomic mass is 10.0. The first kappa shape index (κ1) is 42.4. The molecule has 0 radical (unpaired) electrons. The van der Waals surface area contributed by atoms with E-state index in [1.54, 1.807) is 0 Å². The minimum absolute atomic E-state index is 0.00338. The first-order valence-corrected chi connectivity index (χ1v) is 18.3. The van der Waals surface area contributed by atoms with Gasteiger partial charge in [-0.15, -0.1) is 0 Å². The van der Waals surface area contributed by atoms with Gasteiger partial charge in [0.15, 0.2) is 0 Å². The first-order chi connectivity index (χ1) is 22.0. The Labute approximate surface area is 276 Å². The van der Waals surface area contributed by atoms with Crippen LogP contribution in [0, 0.1) is 0 Å². The van der Waals surface area contributed by atoms with Gasteiger partial charge in [0.1, 0.15) is 12.6 Å². The van der Waals surface area contributed by atoms with Gasteiger partial charge in [0.25, 0.3) is 0 Å². The maximum atomic E-state index is 12.6. The molecule has 1 unspecified atom stereocenters. The third-order valence-corrected chi connectivity index (χ3v) is 7.77. The summed E-state index contributed by atoms with van der Waals surface area (Å²) in [5.74, 6) is -1.29. The Morgan fingerprint density at radius 1 is 0.600 bits per heavy atom. The van der Waals surface area contributed by atoms with Gasteiger partial charge in [0.2, 0.25) is 5.91 Å². The monoisotopic (exact) mass is 630 g/mol. The molecular formula is C39H67NO5. The highest BCUT2D eigenvalue weighted by atomic mass is 16.5. The Morgan fingerprint density at radius 3 is 1.67 bits per heavy atom. The van der Waals surface area contributed by atoms with Gasteiger partial charge >= 0.3 is 11.9 Å². The van der Waals surface area contributed by atoms with E-state index >= 15 is 0 Å². The number of ether oxygens (including phenoxy) is 1. The van der Waals surface area contributed by atoms with E-state index in [9.17, 15) is 14.4 Å². The second-order valence-corrected chi connectivity index (χ2v) is 12.1. The molecule has 0 aromatic heterocycles. The molecule has 0 bridgehead atoms.